The minimum atomic E-state index is -0.166. The fraction of sp³-hybridized carbons (Fsp3) is 0.387. The van der Waals surface area contributed by atoms with Gasteiger partial charge < -0.3 is 4.74 Å². The number of fused-ring (bicyclic) bond motifs is 5. The predicted octanol–water partition coefficient (Wildman–Crippen LogP) is 7.08. The molecule has 0 saturated heterocycles. The average molecular weight is 437 g/mol. The molecule has 168 valence electrons. The van der Waals surface area contributed by atoms with Gasteiger partial charge in [-0.25, -0.2) is 0 Å². The van der Waals surface area contributed by atoms with Gasteiger partial charge in [0.05, 0.1) is 0 Å². The lowest BCUT2D eigenvalue weighted by Gasteiger charge is -2.52. The number of hydrogen-bond acceptors (Lipinski definition) is 2. The molecule has 2 fully saturated rings. The maximum absolute atomic E-state index is 13.1. The van der Waals surface area contributed by atoms with Gasteiger partial charge in [-0.05, 0) is 83.7 Å². The van der Waals surface area contributed by atoms with Crippen molar-refractivity contribution in [1.82, 2.24) is 0 Å². The molecule has 0 aliphatic heterocycles. The van der Waals surface area contributed by atoms with Gasteiger partial charge in [-0.3, -0.25) is 4.79 Å². The molecule has 0 amide bonds. The van der Waals surface area contributed by atoms with Crippen molar-refractivity contribution < 1.29 is 9.53 Å². The first-order valence-corrected chi connectivity index (χ1v) is 12.5. The molecule has 6 rings (SSSR count). The van der Waals surface area contributed by atoms with Gasteiger partial charge in [0.1, 0.15) is 18.1 Å². The predicted molar refractivity (Wildman–Crippen MR) is 131 cm³/mol. The van der Waals surface area contributed by atoms with Gasteiger partial charge in [0.15, 0.2) is 0 Å². The van der Waals surface area contributed by atoms with Crippen molar-refractivity contribution in [3.8, 4) is 5.75 Å². The van der Waals surface area contributed by atoms with Crippen LogP contribution in [0.3, 0.4) is 0 Å². The van der Waals surface area contributed by atoms with E-state index >= 15 is 0 Å². The van der Waals surface area contributed by atoms with Crippen LogP contribution in [0.1, 0.15) is 66.7 Å². The van der Waals surface area contributed by atoms with Crippen LogP contribution in [0.5, 0.6) is 5.75 Å². The molecule has 0 radical (unpaired) electrons. The third-order valence-electron chi connectivity index (χ3n) is 8.91. The third kappa shape index (κ3) is 3.51. The Hall–Kier alpha value is -2.87. The molecule has 3 aromatic rings. The van der Waals surface area contributed by atoms with Crippen LogP contribution in [-0.4, -0.2) is 5.78 Å². The van der Waals surface area contributed by atoms with Gasteiger partial charge in [-0.1, -0.05) is 73.7 Å². The summed E-state index contributed by atoms with van der Waals surface area (Å²) < 4.78 is 6.05. The second kappa shape index (κ2) is 8.17. The van der Waals surface area contributed by atoms with Crippen LogP contribution in [-0.2, 0) is 17.8 Å². The van der Waals surface area contributed by atoms with Crippen molar-refractivity contribution in [2.45, 2.75) is 57.5 Å². The molecule has 33 heavy (non-hydrogen) atoms. The third-order valence-corrected chi connectivity index (χ3v) is 8.91. The summed E-state index contributed by atoms with van der Waals surface area (Å²) in [5.41, 5.74) is 5.41. The summed E-state index contributed by atoms with van der Waals surface area (Å²) >= 11 is 0. The lowest BCUT2D eigenvalue weighted by Crippen LogP contribution is -2.45. The lowest BCUT2D eigenvalue weighted by molar-refractivity contribution is -0.130. The number of hydrogen-bond donors (Lipinski definition) is 0. The minimum Gasteiger partial charge on any atom is -0.489 e. The normalized spacial score (nSPS) is 30.3. The number of rotatable bonds is 4. The first-order valence-electron chi connectivity index (χ1n) is 12.5. The molecule has 3 aliphatic carbocycles. The Morgan fingerprint density at radius 2 is 1.64 bits per heavy atom. The number of ether oxygens (including phenoxy) is 1. The first-order chi connectivity index (χ1) is 16.1. The van der Waals surface area contributed by atoms with E-state index < -0.39 is 0 Å². The number of aryl methyl sites for hydroxylation is 1. The highest BCUT2D eigenvalue weighted by Gasteiger charge is 2.57. The SMILES string of the molecule is C[C@]12C[C@H](c3ccc(OCc4ccccc4)cc3)[C@@H]3c4ccccc4CC[C@H]3[C@@H]1CCC2=O. The lowest BCUT2D eigenvalue weighted by atomic mass is 9.51. The van der Waals surface area contributed by atoms with Crippen molar-refractivity contribution >= 4 is 5.78 Å². The van der Waals surface area contributed by atoms with Gasteiger partial charge in [-0.15, -0.1) is 0 Å². The zero-order valence-corrected chi connectivity index (χ0v) is 19.4. The number of benzene rings is 3. The summed E-state index contributed by atoms with van der Waals surface area (Å²) in [6, 6.07) is 28.1. The molecule has 0 heterocycles. The highest BCUT2D eigenvalue weighted by atomic mass is 16.5. The van der Waals surface area contributed by atoms with Crippen molar-refractivity contribution in [3.05, 3.63) is 101 Å². The van der Waals surface area contributed by atoms with Crippen molar-refractivity contribution in [3.63, 3.8) is 0 Å². The molecule has 5 atom stereocenters. The van der Waals surface area contributed by atoms with Gasteiger partial charge in [0, 0.05) is 11.8 Å². The molecule has 0 N–H and O–H groups in total. The van der Waals surface area contributed by atoms with E-state index in [1.54, 1.807) is 0 Å². The quantitative estimate of drug-likeness (QED) is 0.437. The van der Waals surface area contributed by atoms with E-state index in [1.165, 1.54) is 28.7 Å². The van der Waals surface area contributed by atoms with Gasteiger partial charge in [0.25, 0.3) is 0 Å². The number of carbonyl (C=O) groups is 1. The van der Waals surface area contributed by atoms with Crippen molar-refractivity contribution in [1.29, 1.82) is 0 Å². The molecule has 0 spiro atoms. The van der Waals surface area contributed by atoms with E-state index in [0.717, 1.165) is 31.4 Å². The van der Waals surface area contributed by atoms with Gasteiger partial charge in [-0.2, -0.15) is 0 Å². The Bertz CT molecular complexity index is 1150. The summed E-state index contributed by atoms with van der Waals surface area (Å²) in [6.45, 7) is 2.85. The maximum atomic E-state index is 13.1. The van der Waals surface area contributed by atoms with E-state index in [0.29, 0.717) is 36.1 Å². The maximum Gasteiger partial charge on any atom is 0.139 e. The van der Waals surface area contributed by atoms with E-state index in [4.69, 9.17) is 4.74 Å². The number of Topliss-reactive ketones (excluding diaryl/α,β-unsaturated/α-hetero) is 1. The molecule has 3 aliphatic rings. The van der Waals surface area contributed by atoms with Crippen LogP contribution in [0, 0.1) is 17.3 Å². The van der Waals surface area contributed by atoms with E-state index in [-0.39, 0.29) is 5.41 Å². The summed E-state index contributed by atoms with van der Waals surface area (Å²) in [5.74, 6) is 3.42. The monoisotopic (exact) mass is 436 g/mol. The highest BCUT2D eigenvalue weighted by Crippen LogP contribution is 2.63. The van der Waals surface area contributed by atoms with Crippen LogP contribution in [0.2, 0.25) is 0 Å². The molecule has 3 aromatic carbocycles. The van der Waals surface area contributed by atoms with Crippen LogP contribution < -0.4 is 4.74 Å². The minimum absolute atomic E-state index is 0.166. The zero-order valence-electron chi connectivity index (χ0n) is 19.4. The Kier molecular flexibility index (Phi) is 5.13. The zero-order chi connectivity index (χ0) is 22.4. The van der Waals surface area contributed by atoms with Gasteiger partial charge in [0.2, 0.25) is 0 Å². The molecular formula is C31H32O2. The van der Waals surface area contributed by atoms with E-state index in [1.807, 2.05) is 18.2 Å². The van der Waals surface area contributed by atoms with Crippen LogP contribution >= 0.6 is 0 Å². The molecule has 0 aromatic heterocycles. The molecule has 2 nitrogen and oxygen atoms in total. The second-order valence-corrected chi connectivity index (χ2v) is 10.6. The Morgan fingerprint density at radius 1 is 0.879 bits per heavy atom. The Morgan fingerprint density at radius 3 is 2.45 bits per heavy atom. The standard InChI is InChI=1S/C31H32O2/c1-31-19-27(23-11-14-24(15-12-23)33-20-21-7-3-2-4-8-21)30-25-10-6-5-9-22(25)13-16-26(30)28(31)17-18-29(31)32/h2-12,14-15,26-28,30H,13,16-20H2,1H3/t26-,27+,28-,30+,31-/m0/s1. The fourth-order valence-electron chi connectivity index (χ4n) is 7.30. The molecule has 2 saturated carbocycles. The van der Waals surface area contributed by atoms with Gasteiger partial charge >= 0.3 is 0 Å². The largest absolute Gasteiger partial charge is 0.489 e. The molecule has 2 heteroatoms. The summed E-state index contributed by atoms with van der Waals surface area (Å²) in [6.07, 6.45) is 5.18. The van der Waals surface area contributed by atoms with Crippen molar-refractivity contribution in [2.24, 2.45) is 17.3 Å². The molecule has 0 unspecified atom stereocenters. The molecule has 0 bridgehead atoms. The van der Waals surface area contributed by atoms with E-state index in [2.05, 4.69) is 67.6 Å². The Balaban J connectivity index is 1.32. The first kappa shape index (κ1) is 20.7. The summed E-state index contributed by atoms with van der Waals surface area (Å²) in [5, 5.41) is 0. The summed E-state index contributed by atoms with van der Waals surface area (Å²) in [4.78, 5) is 13.1. The van der Waals surface area contributed by atoms with Crippen LogP contribution in [0.4, 0.5) is 0 Å². The Labute approximate surface area is 197 Å². The fourth-order valence-corrected chi connectivity index (χ4v) is 7.30. The van der Waals surface area contributed by atoms with Crippen LogP contribution in [0.25, 0.3) is 0 Å². The summed E-state index contributed by atoms with van der Waals surface area (Å²) in [7, 11) is 0. The topological polar surface area (TPSA) is 26.3 Å². The molecular weight excluding hydrogens is 404 g/mol. The average Bonchev–Trinajstić information content (AvgIpc) is 3.17. The van der Waals surface area contributed by atoms with Crippen molar-refractivity contribution in [2.75, 3.05) is 0 Å². The smallest absolute Gasteiger partial charge is 0.139 e. The number of carbonyl (C=O) groups excluding carboxylic acids is 1. The highest BCUT2D eigenvalue weighted by molar-refractivity contribution is 5.87. The van der Waals surface area contributed by atoms with E-state index in [9.17, 15) is 4.79 Å². The number of ketones is 1. The van der Waals surface area contributed by atoms with Crippen LogP contribution in [0.15, 0.2) is 78.9 Å². The second-order valence-electron chi connectivity index (χ2n) is 10.6.